The number of rotatable bonds is 6. The van der Waals surface area contributed by atoms with Crippen LogP contribution < -0.4 is 10.6 Å². The molecule has 0 radical (unpaired) electrons. The zero-order valence-corrected chi connectivity index (χ0v) is 14.0. The van der Waals surface area contributed by atoms with Crippen LogP contribution in [-0.4, -0.2) is 25.0 Å². The Labute approximate surface area is 148 Å². The van der Waals surface area contributed by atoms with Crippen LogP contribution >= 0.6 is 0 Å². The summed E-state index contributed by atoms with van der Waals surface area (Å²) in [5, 5.41) is 5.80. The highest BCUT2D eigenvalue weighted by Crippen LogP contribution is 2.31. The summed E-state index contributed by atoms with van der Waals surface area (Å²) in [5.41, 5.74) is 0.977. The second-order valence-electron chi connectivity index (χ2n) is 5.45. The molecular weight excluding hydrogens is 339 g/mol. The van der Waals surface area contributed by atoms with Crippen molar-refractivity contribution in [3.8, 4) is 0 Å². The van der Waals surface area contributed by atoms with E-state index in [1.54, 1.807) is 37.3 Å². The van der Waals surface area contributed by atoms with Gasteiger partial charge in [0.2, 0.25) is 11.7 Å². The van der Waals surface area contributed by atoms with Crippen molar-refractivity contribution < 1.29 is 23.1 Å². The van der Waals surface area contributed by atoms with Crippen LogP contribution in [0.15, 0.2) is 52.9 Å². The second kappa shape index (κ2) is 7.79. The summed E-state index contributed by atoms with van der Waals surface area (Å²) < 4.78 is 24.0. The van der Waals surface area contributed by atoms with E-state index in [4.69, 9.17) is 9.15 Å². The van der Waals surface area contributed by atoms with Crippen molar-refractivity contribution in [3.63, 3.8) is 0 Å². The molecule has 2 N–H and O–H groups in total. The number of halogens is 1. The highest BCUT2D eigenvalue weighted by Gasteiger charge is 2.22. The summed E-state index contributed by atoms with van der Waals surface area (Å²) in [4.78, 5) is 24.6. The average molecular weight is 356 g/mol. The number of nitrogens with one attached hydrogen (secondary N) is 2. The Hall–Kier alpha value is -3.19. The van der Waals surface area contributed by atoms with Crippen LogP contribution in [0.3, 0.4) is 0 Å². The largest absolute Gasteiger partial charge is 0.449 e. The lowest BCUT2D eigenvalue weighted by Crippen LogP contribution is -2.20. The molecule has 7 heteroatoms. The lowest BCUT2D eigenvalue weighted by molar-refractivity contribution is -0.120. The van der Waals surface area contributed by atoms with Gasteiger partial charge in [-0.05, 0) is 37.3 Å². The highest BCUT2D eigenvalue weighted by atomic mass is 19.1. The van der Waals surface area contributed by atoms with E-state index < -0.39 is 17.6 Å². The minimum atomic E-state index is -0.599. The predicted octanol–water partition coefficient (Wildman–Crippen LogP) is 3.80. The van der Waals surface area contributed by atoms with Crippen LogP contribution in [0.4, 0.5) is 15.8 Å². The molecule has 0 aliphatic rings. The van der Waals surface area contributed by atoms with Gasteiger partial charge in [0.05, 0.1) is 0 Å². The molecule has 0 fully saturated rings. The Morgan fingerprint density at radius 3 is 2.69 bits per heavy atom. The van der Waals surface area contributed by atoms with Crippen LogP contribution in [0.1, 0.15) is 17.5 Å². The van der Waals surface area contributed by atoms with E-state index in [1.807, 2.05) is 0 Å². The van der Waals surface area contributed by atoms with Gasteiger partial charge in [0.15, 0.2) is 0 Å². The van der Waals surface area contributed by atoms with Gasteiger partial charge in [0, 0.05) is 17.7 Å². The normalized spacial score (nSPS) is 10.7. The third-order valence-corrected chi connectivity index (χ3v) is 3.59. The molecule has 0 saturated carbocycles. The first-order valence-electron chi connectivity index (χ1n) is 8.04. The van der Waals surface area contributed by atoms with Crippen molar-refractivity contribution in [1.29, 1.82) is 0 Å². The Morgan fingerprint density at radius 2 is 1.92 bits per heavy atom. The number of amides is 2. The van der Waals surface area contributed by atoms with Crippen molar-refractivity contribution in [1.82, 2.24) is 0 Å². The first-order valence-corrected chi connectivity index (χ1v) is 8.04. The van der Waals surface area contributed by atoms with Crippen LogP contribution in [0.2, 0.25) is 0 Å². The molecule has 0 saturated heterocycles. The fourth-order valence-electron chi connectivity index (χ4n) is 2.45. The minimum Gasteiger partial charge on any atom is -0.449 e. The van der Waals surface area contributed by atoms with Gasteiger partial charge in [0.25, 0.3) is 5.91 Å². The van der Waals surface area contributed by atoms with Gasteiger partial charge in [-0.1, -0.05) is 18.2 Å². The molecule has 0 spiro atoms. The number of para-hydroxylation sites is 1. The number of furan rings is 1. The Morgan fingerprint density at radius 1 is 1.12 bits per heavy atom. The minimum absolute atomic E-state index is 0.0692. The maximum atomic E-state index is 13.3. The number of anilines is 2. The first kappa shape index (κ1) is 17.6. The quantitative estimate of drug-likeness (QED) is 0.704. The maximum Gasteiger partial charge on any atom is 0.293 e. The van der Waals surface area contributed by atoms with E-state index in [2.05, 4.69) is 10.6 Å². The Kier molecular flexibility index (Phi) is 5.28. The molecule has 0 aliphatic carbocycles. The second-order valence-corrected chi connectivity index (χ2v) is 5.45. The number of benzene rings is 2. The van der Waals surface area contributed by atoms with Gasteiger partial charge in [-0.25, -0.2) is 4.39 Å². The maximum absolute atomic E-state index is 13.3. The van der Waals surface area contributed by atoms with Gasteiger partial charge < -0.3 is 19.8 Å². The van der Waals surface area contributed by atoms with Gasteiger partial charge >= 0.3 is 0 Å². The fourth-order valence-corrected chi connectivity index (χ4v) is 2.45. The first-order chi connectivity index (χ1) is 12.6. The van der Waals surface area contributed by atoms with Crippen LogP contribution in [0, 0.1) is 5.82 Å². The average Bonchev–Trinajstić information content (AvgIpc) is 2.99. The molecule has 0 atom stereocenters. The summed E-state index contributed by atoms with van der Waals surface area (Å²) in [6, 6.07) is 12.4. The molecule has 0 unspecified atom stereocenters. The van der Waals surface area contributed by atoms with E-state index in [-0.39, 0.29) is 23.7 Å². The standard InChI is InChI=1S/C19H17FN2O4/c1-2-25-11-16(23)22-17-14-8-3-4-9-15(14)26-18(17)19(24)21-13-7-5-6-12(20)10-13/h3-10H,2,11H2,1H3,(H,21,24)(H,22,23). The summed E-state index contributed by atoms with van der Waals surface area (Å²) in [5.74, 6) is -1.55. The number of fused-ring (bicyclic) bond motifs is 1. The van der Waals surface area contributed by atoms with Crippen molar-refractivity contribution >= 4 is 34.2 Å². The van der Waals surface area contributed by atoms with Crippen LogP contribution in [-0.2, 0) is 9.53 Å². The summed E-state index contributed by atoms with van der Waals surface area (Å²) in [6.07, 6.45) is 0. The van der Waals surface area contributed by atoms with Crippen molar-refractivity contribution in [3.05, 3.63) is 60.1 Å². The molecule has 1 heterocycles. The van der Waals surface area contributed by atoms with E-state index in [0.29, 0.717) is 17.6 Å². The molecule has 2 aromatic carbocycles. The molecule has 1 aromatic heterocycles. The zero-order valence-electron chi connectivity index (χ0n) is 14.0. The molecule has 3 rings (SSSR count). The molecule has 3 aromatic rings. The van der Waals surface area contributed by atoms with Crippen molar-refractivity contribution in [2.45, 2.75) is 6.92 Å². The number of carbonyl (C=O) groups excluding carboxylic acids is 2. The topological polar surface area (TPSA) is 80.6 Å². The lowest BCUT2D eigenvalue weighted by atomic mass is 10.2. The smallest absolute Gasteiger partial charge is 0.293 e. The van der Waals surface area contributed by atoms with Gasteiger partial charge in [-0.3, -0.25) is 9.59 Å². The lowest BCUT2D eigenvalue weighted by Gasteiger charge is -2.07. The van der Waals surface area contributed by atoms with Gasteiger partial charge in [0.1, 0.15) is 23.7 Å². The molecule has 2 amide bonds. The summed E-state index contributed by atoms with van der Waals surface area (Å²) in [6.45, 7) is 2.03. The summed E-state index contributed by atoms with van der Waals surface area (Å²) >= 11 is 0. The van der Waals surface area contributed by atoms with Crippen molar-refractivity contribution in [2.24, 2.45) is 0 Å². The van der Waals surface area contributed by atoms with Crippen LogP contribution in [0.5, 0.6) is 0 Å². The van der Waals surface area contributed by atoms with Crippen molar-refractivity contribution in [2.75, 3.05) is 23.8 Å². The van der Waals surface area contributed by atoms with E-state index >= 15 is 0 Å². The monoisotopic (exact) mass is 356 g/mol. The molecule has 26 heavy (non-hydrogen) atoms. The molecule has 0 bridgehead atoms. The molecule has 0 aliphatic heterocycles. The third kappa shape index (κ3) is 3.89. The molecule has 6 nitrogen and oxygen atoms in total. The number of hydrogen-bond donors (Lipinski definition) is 2. The Bertz CT molecular complexity index is 952. The number of hydrogen-bond acceptors (Lipinski definition) is 4. The van der Waals surface area contributed by atoms with Gasteiger partial charge in [-0.15, -0.1) is 0 Å². The molecular formula is C19H17FN2O4. The SMILES string of the molecule is CCOCC(=O)Nc1c(C(=O)Nc2cccc(F)c2)oc2ccccc12. The van der Waals surface area contributed by atoms with Gasteiger partial charge in [-0.2, -0.15) is 0 Å². The van der Waals surface area contributed by atoms with E-state index in [9.17, 15) is 14.0 Å². The zero-order chi connectivity index (χ0) is 18.5. The van der Waals surface area contributed by atoms with E-state index in [1.165, 1.54) is 18.2 Å². The fraction of sp³-hybridized carbons (Fsp3) is 0.158. The third-order valence-electron chi connectivity index (χ3n) is 3.59. The number of ether oxygens (including phenoxy) is 1. The summed E-state index contributed by atoms with van der Waals surface area (Å²) in [7, 11) is 0. The number of carbonyl (C=O) groups is 2. The Balaban J connectivity index is 1.92. The predicted molar refractivity (Wildman–Crippen MR) is 95.7 cm³/mol. The van der Waals surface area contributed by atoms with E-state index in [0.717, 1.165) is 0 Å². The van der Waals surface area contributed by atoms with Crippen LogP contribution in [0.25, 0.3) is 11.0 Å². The molecule has 134 valence electrons. The highest BCUT2D eigenvalue weighted by molar-refractivity contribution is 6.14.